The van der Waals surface area contributed by atoms with E-state index in [2.05, 4.69) is 0 Å². The number of nitrogens with two attached hydrogens (primary N) is 1. The molecule has 17 heavy (non-hydrogen) atoms. The van der Waals surface area contributed by atoms with Crippen LogP contribution in [0.3, 0.4) is 0 Å². The number of rotatable bonds is 4. The first kappa shape index (κ1) is 12.5. The van der Waals surface area contributed by atoms with Crippen molar-refractivity contribution in [2.75, 3.05) is 6.54 Å². The predicted molar refractivity (Wildman–Crippen MR) is 68.3 cm³/mol. The van der Waals surface area contributed by atoms with Gasteiger partial charge in [-0.25, -0.2) is 8.78 Å². The zero-order valence-corrected chi connectivity index (χ0v) is 10.5. The van der Waals surface area contributed by atoms with Crippen molar-refractivity contribution in [3.63, 3.8) is 0 Å². The van der Waals surface area contributed by atoms with Crippen molar-refractivity contribution in [2.24, 2.45) is 5.73 Å². The van der Waals surface area contributed by atoms with Crippen LogP contribution in [-0.2, 0) is 0 Å². The van der Waals surface area contributed by atoms with Crippen LogP contribution in [0.1, 0.15) is 10.1 Å². The van der Waals surface area contributed by atoms with Gasteiger partial charge in [0.25, 0.3) is 0 Å². The molecule has 1 aromatic carbocycles. The summed E-state index contributed by atoms with van der Waals surface area (Å²) in [7, 11) is 0. The summed E-state index contributed by atoms with van der Waals surface area (Å²) in [5.41, 5.74) is 5.70. The summed E-state index contributed by atoms with van der Waals surface area (Å²) in [6.07, 6.45) is 0. The van der Waals surface area contributed by atoms with Gasteiger partial charge in [-0.1, -0.05) is 6.07 Å². The summed E-state index contributed by atoms with van der Waals surface area (Å²) in [5.74, 6) is -1.65. The lowest BCUT2D eigenvalue weighted by atomic mass is 10.3. The van der Waals surface area contributed by atoms with Crippen molar-refractivity contribution in [1.82, 2.24) is 0 Å². The van der Waals surface area contributed by atoms with E-state index < -0.39 is 11.6 Å². The van der Waals surface area contributed by atoms with Gasteiger partial charge in [0.15, 0.2) is 11.6 Å². The molecule has 2 N–H and O–H groups in total. The van der Waals surface area contributed by atoms with Gasteiger partial charge in [0.1, 0.15) is 0 Å². The quantitative estimate of drug-likeness (QED) is 0.856. The highest BCUT2D eigenvalue weighted by Crippen LogP contribution is 2.36. The second-order valence-corrected chi connectivity index (χ2v) is 5.69. The maximum Gasteiger partial charge on any atom is 0.159 e. The van der Waals surface area contributed by atoms with Crippen molar-refractivity contribution in [2.45, 2.75) is 10.1 Å². The van der Waals surface area contributed by atoms with Crippen LogP contribution in [0.5, 0.6) is 0 Å². The lowest BCUT2D eigenvalue weighted by molar-refractivity contribution is 0.506. The SMILES string of the molecule is NCC(Sc1ccc(F)c(F)c1)c1cccs1. The fraction of sp³-hybridized carbons (Fsp3) is 0.167. The van der Waals surface area contributed by atoms with E-state index >= 15 is 0 Å². The van der Waals surface area contributed by atoms with Crippen molar-refractivity contribution in [1.29, 1.82) is 0 Å². The average Bonchev–Trinajstić information content (AvgIpc) is 2.84. The minimum absolute atomic E-state index is 0.0832. The van der Waals surface area contributed by atoms with Gasteiger partial charge in [-0.2, -0.15) is 0 Å². The summed E-state index contributed by atoms with van der Waals surface area (Å²) in [6, 6.07) is 7.86. The van der Waals surface area contributed by atoms with Crippen molar-refractivity contribution in [3.8, 4) is 0 Å². The molecule has 1 unspecified atom stereocenters. The fourth-order valence-electron chi connectivity index (χ4n) is 1.41. The van der Waals surface area contributed by atoms with E-state index in [1.807, 2.05) is 17.5 Å². The van der Waals surface area contributed by atoms with Crippen LogP contribution in [-0.4, -0.2) is 6.54 Å². The maximum atomic E-state index is 13.1. The van der Waals surface area contributed by atoms with Crippen LogP contribution in [0, 0.1) is 11.6 Å². The van der Waals surface area contributed by atoms with Crippen LogP contribution in [0.15, 0.2) is 40.6 Å². The van der Waals surface area contributed by atoms with Gasteiger partial charge in [-0.05, 0) is 29.6 Å². The highest BCUT2D eigenvalue weighted by atomic mass is 32.2. The third-order valence-electron chi connectivity index (χ3n) is 2.24. The molecule has 0 fully saturated rings. The molecule has 0 bridgehead atoms. The Bertz CT molecular complexity index is 485. The number of halogens is 2. The molecule has 0 aliphatic carbocycles. The highest BCUT2D eigenvalue weighted by molar-refractivity contribution is 7.99. The Morgan fingerprint density at radius 1 is 1.24 bits per heavy atom. The topological polar surface area (TPSA) is 26.0 Å². The predicted octanol–water partition coefficient (Wildman–Crippen LogP) is 3.82. The first-order chi connectivity index (χ1) is 8.20. The third-order valence-corrected chi connectivity index (χ3v) is 4.64. The van der Waals surface area contributed by atoms with Crippen molar-refractivity contribution in [3.05, 3.63) is 52.2 Å². The molecule has 0 saturated heterocycles. The summed E-state index contributed by atoms with van der Waals surface area (Å²) >= 11 is 3.06. The standard InChI is InChI=1S/C12H11F2NS2/c13-9-4-3-8(6-10(9)14)17-12(7-15)11-2-1-5-16-11/h1-6,12H,7,15H2. The van der Waals surface area contributed by atoms with E-state index in [0.29, 0.717) is 11.4 Å². The Morgan fingerprint density at radius 2 is 2.06 bits per heavy atom. The molecular weight excluding hydrogens is 260 g/mol. The number of thiophene rings is 1. The largest absolute Gasteiger partial charge is 0.329 e. The Labute approximate surface area is 107 Å². The van der Waals surface area contributed by atoms with Crippen molar-refractivity contribution >= 4 is 23.1 Å². The van der Waals surface area contributed by atoms with Gasteiger partial charge in [0.05, 0.1) is 5.25 Å². The smallest absolute Gasteiger partial charge is 0.159 e. The average molecular weight is 271 g/mol. The molecule has 5 heteroatoms. The van der Waals surface area contributed by atoms with Gasteiger partial charge in [-0.15, -0.1) is 23.1 Å². The molecule has 0 aliphatic rings. The van der Waals surface area contributed by atoms with Crippen LogP contribution >= 0.6 is 23.1 Å². The molecule has 0 amide bonds. The minimum atomic E-state index is -0.824. The Balaban J connectivity index is 2.16. The zero-order chi connectivity index (χ0) is 12.3. The number of hydrogen-bond acceptors (Lipinski definition) is 3. The number of thioether (sulfide) groups is 1. The normalized spacial score (nSPS) is 12.6. The van der Waals surface area contributed by atoms with Crippen LogP contribution in [0.4, 0.5) is 8.78 Å². The lowest BCUT2D eigenvalue weighted by Gasteiger charge is -2.12. The molecule has 0 radical (unpaired) electrons. The molecule has 1 nitrogen and oxygen atoms in total. The maximum absolute atomic E-state index is 13.1. The molecule has 90 valence electrons. The molecule has 0 aliphatic heterocycles. The molecule has 1 atom stereocenters. The Hall–Kier alpha value is -0.910. The van der Waals surface area contributed by atoms with Gasteiger partial charge in [-0.3, -0.25) is 0 Å². The van der Waals surface area contributed by atoms with Gasteiger partial charge < -0.3 is 5.73 Å². The summed E-state index contributed by atoms with van der Waals surface area (Å²) < 4.78 is 25.8. The van der Waals surface area contributed by atoms with Gasteiger partial charge in [0.2, 0.25) is 0 Å². The van der Waals surface area contributed by atoms with E-state index in [-0.39, 0.29) is 5.25 Å². The molecule has 2 aromatic rings. The number of hydrogen-bond donors (Lipinski definition) is 1. The second-order valence-electron chi connectivity index (χ2n) is 3.43. The van der Waals surface area contributed by atoms with E-state index in [4.69, 9.17) is 5.73 Å². The summed E-state index contributed by atoms with van der Waals surface area (Å²) in [6.45, 7) is 0.462. The van der Waals surface area contributed by atoms with Crippen LogP contribution in [0.25, 0.3) is 0 Å². The first-order valence-corrected chi connectivity index (χ1v) is 6.82. The van der Waals surface area contributed by atoms with E-state index in [0.717, 1.165) is 10.9 Å². The monoisotopic (exact) mass is 271 g/mol. The molecule has 0 spiro atoms. The van der Waals surface area contributed by atoms with E-state index in [1.54, 1.807) is 17.4 Å². The fourth-order valence-corrected chi connectivity index (χ4v) is 3.38. The minimum Gasteiger partial charge on any atom is -0.329 e. The van der Waals surface area contributed by atoms with E-state index in [9.17, 15) is 8.78 Å². The van der Waals surface area contributed by atoms with Crippen LogP contribution in [0.2, 0.25) is 0 Å². The lowest BCUT2D eigenvalue weighted by Crippen LogP contribution is -2.07. The van der Waals surface area contributed by atoms with Gasteiger partial charge in [0, 0.05) is 16.3 Å². The molecule has 1 aromatic heterocycles. The molecule has 0 saturated carbocycles. The molecule has 1 heterocycles. The second kappa shape index (κ2) is 5.62. The van der Waals surface area contributed by atoms with E-state index in [1.165, 1.54) is 17.8 Å². The first-order valence-electron chi connectivity index (χ1n) is 5.06. The Kier molecular flexibility index (Phi) is 4.15. The van der Waals surface area contributed by atoms with Crippen LogP contribution < -0.4 is 5.73 Å². The van der Waals surface area contributed by atoms with Crippen molar-refractivity contribution < 1.29 is 8.78 Å². The molecule has 2 rings (SSSR count). The summed E-state index contributed by atoms with van der Waals surface area (Å²) in [4.78, 5) is 1.83. The molecular formula is C12H11F2NS2. The summed E-state index contributed by atoms with van der Waals surface area (Å²) in [5, 5.41) is 2.06. The Morgan fingerprint density at radius 3 is 2.65 bits per heavy atom. The zero-order valence-electron chi connectivity index (χ0n) is 8.90. The number of benzene rings is 1. The third kappa shape index (κ3) is 3.06. The highest BCUT2D eigenvalue weighted by Gasteiger charge is 2.13. The van der Waals surface area contributed by atoms with Gasteiger partial charge >= 0.3 is 0 Å².